The molecule has 12 aromatic rings. The van der Waals surface area contributed by atoms with E-state index >= 15 is 0 Å². The van der Waals surface area contributed by atoms with Crippen LogP contribution in [0.3, 0.4) is 0 Å². The molecule has 1 nitrogen and oxygen atoms in total. The molecule has 1 heterocycles. The highest BCUT2D eigenvalue weighted by atomic mass is 32.1. The predicted octanol–water partition coefficient (Wildman–Crippen LogP) is 17.7. The van der Waals surface area contributed by atoms with Crippen LogP contribution in [0.4, 0.5) is 17.1 Å². The van der Waals surface area contributed by atoms with Gasteiger partial charge in [0.15, 0.2) is 0 Å². The molecule has 0 N–H and O–H groups in total. The molecule has 2 heteroatoms. The quantitative estimate of drug-likeness (QED) is 0.145. The van der Waals surface area contributed by atoms with Crippen LogP contribution in [0.15, 0.2) is 237 Å². The van der Waals surface area contributed by atoms with Crippen LogP contribution >= 0.6 is 11.3 Å². The van der Waals surface area contributed by atoms with Crippen molar-refractivity contribution < 1.29 is 0 Å². The summed E-state index contributed by atoms with van der Waals surface area (Å²) in [6.07, 6.45) is 0. The second-order valence-electron chi connectivity index (χ2n) is 16.1. The van der Waals surface area contributed by atoms with E-state index in [0.29, 0.717) is 0 Å². The smallest absolute Gasteiger partial charge is 0.0546 e. The van der Waals surface area contributed by atoms with Crippen LogP contribution in [0.2, 0.25) is 0 Å². The summed E-state index contributed by atoms with van der Waals surface area (Å²) < 4.78 is 2.64. The van der Waals surface area contributed by atoms with Crippen LogP contribution in [0, 0.1) is 0 Å². The number of hydrogen-bond donors (Lipinski definition) is 0. The molecule has 0 spiro atoms. The lowest BCUT2D eigenvalue weighted by Gasteiger charge is -2.29. The van der Waals surface area contributed by atoms with Gasteiger partial charge in [0.25, 0.3) is 0 Å². The molecule has 62 heavy (non-hydrogen) atoms. The molecule has 0 unspecified atom stereocenters. The van der Waals surface area contributed by atoms with E-state index in [1.54, 1.807) is 0 Å². The molecular weight excluding hydrogens is 767 g/mol. The summed E-state index contributed by atoms with van der Waals surface area (Å²) >= 11 is 1.88. The van der Waals surface area contributed by atoms with Gasteiger partial charge in [0, 0.05) is 37.1 Å². The van der Waals surface area contributed by atoms with E-state index in [1.165, 1.54) is 91.4 Å². The maximum absolute atomic E-state index is 2.45. The van der Waals surface area contributed by atoms with E-state index in [0.717, 1.165) is 22.6 Å². The number of anilines is 3. The molecule has 0 aliphatic rings. The molecule has 0 amide bonds. The van der Waals surface area contributed by atoms with Crippen molar-refractivity contribution in [2.24, 2.45) is 0 Å². The average Bonchev–Trinajstić information content (AvgIpc) is 3.74. The zero-order valence-corrected chi connectivity index (χ0v) is 34.7. The van der Waals surface area contributed by atoms with Gasteiger partial charge in [-0.1, -0.05) is 188 Å². The molecule has 1 aromatic heterocycles. The minimum atomic E-state index is 1.09. The summed E-state index contributed by atoms with van der Waals surface area (Å²) in [5, 5.41) is 10.1. The summed E-state index contributed by atoms with van der Waals surface area (Å²) in [7, 11) is 0. The Bertz CT molecular complexity index is 3620. The van der Waals surface area contributed by atoms with Crippen molar-refractivity contribution in [1.29, 1.82) is 0 Å². The summed E-state index contributed by atoms with van der Waals surface area (Å²) in [6.45, 7) is 0. The van der Waals surface area contributed by atoms with Crippen molar-refractivity contribution in [3.8, 4) is 44.5 Å². The third-order valence-electron chi connectivity index (χ3n) is 12.5. The first-order valence-electron chi connectivity index (χ1n) is 21.2. The highest BCUT2D eigenvalue weighted by Gasteiger charge is 2.21. The molecule has 0 bridgehead atoms. The zero-order valence-electron chi connectivity index (χ0n) is 33.9. The van der Waals surface area contributed by atoms with Gasteiger partial charge in [-0.05, 0) is 120 Å². The minimum absolute atomic E-state index is 1.09. The third kappa shape index (κ3) is 6.24. The maximum atomic E-state index is 2.45. The zero-order chi connectivity index (χ0) is 41.0. The van der Waals surface area contributed by atoms with E-state index in [9.17, 15) is 0 Å². The summed E-state index contributed by atoms with van der Waals surface area (Å²) in [4.78, 5) is 2.45. The van der Waals surface area contributed by atoms with Gasteiger partial charge >= 0.3 is 0 Å². The van der Waals surface area contributed by atoms with Gasteiger partial charge in [-0.15, -0.1) is 11.3 Å². The molecule has 0 saturated heterocycles. The summed E-state index contributed by atoms with van der Waals surface area (Å²) in [6, 6.07) is 86.9. The van der Waals surface area contributed by atoms with E-state index in [1.807, 2.05) is 11.3 Å². The maximum Gasteiger partial charge on any atom is 0.0546 e. The van der Waals surface area contributed by atoms with Crippen molar-refractivity contribution in [3.63, 3.8) is 0 Å². The molecule has 0 atom stereocenters. The molecule has 12 rings (SSSR count). The van der Waals surface area contributed by atoms with Gasteiger partial charge in [0.2, 0.25) is 0 Å². The Hall–Kier alpha value is -7.78. The van der Waals surface area contributed by atoms with Gasteiger partial charge < -0.3 is 4.90 Å². The molecular formula is C60H39NS. The fourth-order valence-electron chi connectivity index (χ4n) is 9.40. The normalized spacial score (nSPS) is 11.5. The third-order valence-corrected chi connectivity index (χ3v) is 13.7. The van der Waals surface area contributed by atoms with Crippen molar-refractivity contribution >= 4 is 80.9 Å². The Balaban J connectivity index is 1.06. The van der Waals surface area contributed by atoms with Crippen molar-refractivity contribution in [3.05, 3.63) is 237 Å². The average molecular weight is 806 g/mol. The number of thiophene rings is 1. The van der Waals surface area contributed by atoms with Crippen LogP contribution < -0.4 is 4.90 Å². The first-order valence-corrected chi connectivity index (χ1v) is 22.1. The summed E-state index contributed by atoms with van der Waals surface area (Å²) in [5.41, 5.74) is 12.9. The Kier molecular flexibility index (Phi) is 8.76. The highest BCUT2D eigenvalue weighted by molar-refractivity contribution is 7.26. The molecule has 0 fully saturated rings. The predicted molar refractivity (Wildman–Crippen MR) is 268 cm³/mol. The van der Waals surface area contributed by atoms with Crippen LogP contribution in [-0.4, -0.2) is 0 Å². The number of hydrogen-bond acceptors (Lipinski definition) is 2. The van der Waals surface area contributed by atoms with Gasteiger partial charge in [0.05, 0.1) is 5.69 Å². The van der Waals surface area contributed by atoms with Crippen molar-refractivity contribution in [2.45, 2.75) is 0 Å². The Morgan fingerprint density at radius 1 is 0.274 bits per heavy atom. The number of fused-ring (bicyclic) bond motifs is 7. The van der Waals surface area contributed by atoms with E-state index < -0.39 is 0 Å². The van der Waals surface area contributed by atoms with Gasteiger partial charge in [0.1, 0.15) is 0 Å². The lowest BCUT2D eigenvalue weighted by Crippen LogP contribution is -2.11. The van der Waals surface area contributed by atoms with Crippen molar-refractivity contribution in [1.82, 2.24) is 0 Å². The minimum Gasteiger partial charge on any atom is -0.310 e. The standard InChI is InChI=1S/C60H39NS/c1-2-14-42(15-3-1)51-36-31-47(57-38-46-17-6-7-18-50(46)53-19-8-9-20-54(53)57)39-58(51)61(48-32-27-41(28-33-48)45-26-25-40-13-4-5-16-44(40)37-45)49-34-29-43(30-35-49)52-22-12-23-56-55-21-10-11-24-59(55)62-60(52)56/h1-39H. The first-order chi connectivity index (χ1) is 30.7. The van der Waals surface area contributed by atoms with E-state index in [-0.39, 0.29) is 0 Å². The lowest BCUT2D eigenvalue weighted by molar-refractivity contribution is 1.28. The van der Waals surface area contributed by atoms with E-state index in [4.69, 9.17) is 0 Å². The van der Waals surface area contributed by atoms with Gasteiger partial charge in [-0.2, -0.15) is 0 Å². The van der Waals surface area contributed by atoms with Gasteiger partial charge in [-0.3, -0.25) is 0 Å². The second-order valence-corrected chi connectivity index (χ2v) is 17.1. The fourth-order valence-corrected chi connectivity index (χ4v) is 10.6. The van der Waals surface area contributed by atoms with Crippen LogP contribution in [0.5, 0.6) is 0 Å². The van der Waals surface area contributed by atoms with Crippen LogP contribution in [0.25, 0.3) is 97.0 Å². The molecule has 0 saturated carbocycles. The fraction of sp³-hybridized carbons (Fsp3) is 0. The molecule has 11 aromatic carbocycles. The largest absolute Gasteiger partial charge is 0.310 e. The highest BCUT2D eigenvalue weighted by Crippen LogP contribution is 2.46. The number of benzene rings is 11. The van der Waals surface area contributed by atoms with Crippen LogP contribution in [-0.2, 0) is 0 Å². The molecule has 0 aliphatic carbocycles. The first kappa shape index (κ1) is 36.1. The summed E-state index contributed by atoms with van der Waals surface area (Å²) in [5.74, 6) is 0. The SMILES string of the molecule is c1ccc(-c2ccc(-c3cc4ccccc4c4ccccc34)cc2N(c2ccc(-c3ccc4ccccc4c3)cc2)c2ccc(-c3cccc4c3sc3ccccc34)cc2)cc1. The Morgan fingerprint density at radius 2 is 0.855 bits per heavy atom. The lowest BCUT2D eigenvalue weighted by atomic mass is 9.91. The monoisotopic (exact) mass is 805 g/mol. The number of rotatable bonds is 7. The second kappa shape index (κ2) is 15.0. The van der Waals surface area contributed by atoms with Gasteiger partial charge in [-0.25, -0.2) is 0 Å². The number of nitrogens with zero attached hydrogens (tertiary/aromatic N) is 1. The Labute approximate surface area is 365 Å². The Morgan fingerprint density at radius 3 is 1.65 bits per heavy atom. The van der Waals surface area contributed by atoms with Crippen LogP contribution in [0.1, 0.15) is 0 Å². The molecule has 0 radical (unpaired) electrons. The van der Waals surface area contributed by atoms with E-state index in [2.05, 4.69) is 241 Å². The molecule has 0 aliphatic heterocycles. The topological polar surface area (TPSA) is 3.24 Å². The molecule has 290 valence electrons. The van der Waals surface area contributed by atoms with Crippen molar-refractivity contribution in [2.75, 3.05) is 4.90 Å².